The Balaban J connectivity index is 2.82. The van der Waals surface area contributed by atoms with Crippen LogP contribution in [-0.4, -0.2) is 70.5 Å². The van der Waals surface area contributed by atoms with Gasteiger partial charge in [0.15, 0.2) is 0 Å². The third kappa shape index (κ3) is 3.05. The van der Waals surface area contributed by atoms with E-state index in [1.165, 1.54) is 0 Å². The summed E-state index contributed by atoms with van der Waals surface area (Å²) in [6.07, 6.45) is 0. The zero-order valence-corrected chi connectivity index (χ0v) is 11.7. The van der Waals surface area contributed by atoms with Gasteiger partial charge in [-0.05, 0) is 28.2 Å². The Morgan fingerprint density at radius 2 is 1.25 bits per heavy atom. The minimum absolute atomic E-state index is 0.289. The van der Waals surface area contributed by atoms with Gasteiger partial charge in [0.2, 0.25) is 0 Å². The van der Waals surface area contributed by atoms with Gasteiger partial charge < -0.3 is 24.5 Å². The molecule has 0 atom stereocenters. The molecule has 0 aromatic carbocycles. The van der Waals surface area contributed by atoms with Gasteiger partial charge in [-0.1, -0.05) is 20.5 Å². The van der Waals surface area contributed by atoms with E-state index < -0.39 is 0 Å². The van der Waals surface area contributed by atoms with E-state index in [4.69, 9.17) is 0 Å². The minimum atomic E-state index is 0.289. The summed E-state index contributed by atoms with van der Waals surface area (Å²) in [5.41, 5.74) is 0. The molecule has 0 bridgehead atoms. The molecule has 1 fully saturated rings. The molecule has 9 heteroatoms. The predicted octanol–water partition coefficient (Wildman–Crippen LogP) is -1.06. The highest BCUT2D eigenvalue weighted by molar-refractivity contribution is 6.92. The fourth-order valence-electron chi connectivity index (χ4n) is 2.67. The van der Waals surface area contributed by atoms with Crippen LogP contribution in [0.25, 0.3) is 0 Å². The van der Waals surface area contributed by atoms with E-state index >= 15 is 0 Å². The molecule has 0 aromatic rings. The molecule has 1 aliphatic heterocycles. The van der Waals surface area contributed by atoms with E-state index in [1.807, 2.05) is 0 Å². The molecule has 0 amide bonds. The maximum Gasteiger partial charge on any atom is 0.381 e. The monoisotopic (exact) mass is 221 g/mol. The Labute approximate surface area is 102 Å². The van der Waals surface area contributed by atoms with E-state index in [0.717, 1.165) is 0 Å². The van der Waals surface area contributed by atoms with Gasteiger partial charge in [-0.15, -0.1) is 0 Å². The lowest BCUT2D eigenvalue weighted by Gasteiger charge is -2.46. The van der Waals surface area contributed by atoms with E-state index in [9.17, 15) is 0 Å². The topological polar surface area (TPSA) is 33.8 Å². The molecule has 0 aromatic heterocycles. The second-order valence-corrected chi connectivity index (χ2v) is 5.13. The van der Waals surface area contributed by atoms with Crippen LogP contribution in [0.1, 0.15) is 0 Å². The van der Waals surface area contributed by atoms with Crippen molar-refractivity contribution in [2.75, 3.05) is 28.2 Å². The molecular weight excluding hydrogens is 197 g/mol. The van der Waals surface area contributed by atoms with Crippen molar-refractivity contribution in [1.82, 2.24) is 24.5 Å². The molecule has 5 nitrogen and oxygen atoms in total. The van der Waals surface area contributed by atoms with Gasteiger partial charge in [-0.2, -0.15) is 0 Å². The zero-order chi connectivity index (χ0) is 12.5. The largest absolute Gasteiger partial charge is 0.381 e. The van der Waals surface area contributed by atoms with E-state index in [2.05, 4.69) is 73.2 Å². The van der Waals surface area contributed by atoms with E-state index in [1.54, 1.807) is 0 Å². The highest BCUT2D eigenvalue weighted by Crippen LogP contribution is 2.08. The van der Waals surface area contributed by atoms with Crippen molar-refractivity contribution in [1.29, 1.82) is 0 Å². The molecule has 88 valence electrons. The molecule has 1 aliphatic rings. The molecule has 0 unspecified atom stereocenters. The van der Waals surface area contributed by atoms with E-state index in [0.29, 0.717) is 20.9 Å². The Kier molecular flexibility index (Phi) is 4.94. The summed E-state index contributed by atoms with van der Waals surface area (Å²) in [6, 6.07) is 0. The first-order valence-corrected chi connectivity index (χ1v) is 5.97. The third-order valence-electron chi connectivity index (χ3n) is 3.07. The maximum absolute atomic E-state index is 3.51. The first kappa shape index (κ1) is 14.1. The van der Waals surface area contributed by atoms with Gasteiger partial charge >= 0.3 is 7.12 Å². The molecule has 0 saturated carbocycles. The van der Waals surface area contributed by atoms with Gasteiger partial charge in [0.25, 0.3) is 20.9 Å². The summed E-state index contributed by atoms with van der Waals surface area (Å²) < 4.78 is 2.43. The molecule has 1 heterocycles. The number of hydrogen-bond acceptors (Lipinski definition) is 5. The van der Waals surface area contributed by atoms with Crippen molar-refractivity contribution in [3.8, 4) is 0 Å². The molecule has 0 aliphatic carbocycles. The second-order valence-electron chi connectivity index (χ2n) is 5.13. The van der Waals surface area contributed by atoms with Crippen LogP contribution in [0.2, 0.25) is 20.5 Å². The minimum Gasteiger partial charge on any atom is -0.372 e. The normalized spacial score (nSPS) is 18.9. The zero-order valence-electron chi connectivity index (χ0n) is 11.7. The molecule has 0 spiro atoms. The lowest BCUT2D eigenvalue weighted by molar-refractivity contribution is 0.477. The van der Waals surface area contributed by atoms with Crippen LogP contribution >= 0.6 is 0 Å². The van der Waals surface area contributed by atoms with Crippen LogP contribution in [-0.2, 0) is 0 Å². The van der Waals surface area contributed by atoms with Gasteiger partial charge in [0, 0.05) is 0 Å². The van der Waals surface area contributed by atoms with Crippen LogP contribution in [0.4, 0.5) is 0 Å². The summed E-state index contributed by atoms with van der Waals surface area (Å²) in [4.78, 5) is 4.46. The van der Waals surface area contributed by atoms with Crippen LogP contribution < -0.4 is 10.3 Å². The number of hydrogen-bond donors (Lipinski definition) is 2. The van der Waals surface area contributed by atoms with Crippen molar-refractivity contribution in [2.45, 2.75) is 20.5 Å². The third-order valence-corrected chi connectivity index (χ3v) is 3.07. The van der Waals surface area contributed by atoms with Crippen molar-refractivity contribution in [2.24, 2.45) is 0 Å². The lowest BCUT2D eigenvalue weighted by Crippen LogP contribution is -2.79. The predicted molar refractivity (Wildman–Crippen MR) is 76.1 cm³/mol. The van der Waals surface area contributed by atoms with Crippen molar-refractivity contribution in [3.63, 3.8) is 0 Å². The van der Waals surface area contributed by atoms with Gasteiger partial charge in [-0.3, -0.25) is 0 Å². The Hall–Kier alpha value is 0.0597. The second kappa shape index (κ2) is 5.60. The molecule has 0 radical (unpaired) electrons. The van der Waals surface area contributed by atoms with Gasteiger partial charge in [0.1, 0.15) is 0 Å². The highest BCUT2D eigenvalue weighted by atomic mass is 15.3. The fraction of sp³-hybridized carbons (Fsp3) is 1.00. The Bertz CT molecular complexity index is 209. The highest BCUT2D eigenvalue weighted by Gasteiger charge is 2.43. The summed E-state index contributed by atoms with van der Waals surface area (Å²) in [7, 11) is 8.74. The quantitative estimate of drug-likeness (QED) is 0.593. The van der Waals surface area contributed by atoms with Crippen molar-refractivity contribution >= 4 is 28.1 Å². The van der Waals surface area contributed by atoms with E-state index in [-0.39, 0.29) is 7.12 Å². The summed E-state index contributed by atoms with van der Waals surface area (Å²) in [6.45, 7) is 7.68. The van der Waals surface area contributed by atoms with Crippen LogP contribution in [0.15, 0.2) is 0 Å². The average molecular weight is 221 g/mol. The standard InChI is InChI=1S/C7H23B4N5/c1-8-12-9(2)16(10(3)13-8)11(14(4)5)15(6)7/h12-13H,1-7H3. The average Bonchev–Trinajstić information content (AvgIpc) is 2.09. The number of nitrogens with one attached hydrogen (secondary N) is 2. The number of rotatable bonds is 3. The summed E-state index contributed by atoms with van der Waals surface area (Å²) in [5, 5.41) is 7.02. The van der Waals surface area contributed by atoms with Crippen molar-refractivity contribution < 1.29 is 0 Å². The van der Waals surface area contributed by atoms with Crippen LogP contribution in [0.5, 0.6) is 0 Å². The summed E-state index contributed by atoms with van der Waals surface area (Å²) >= 11 is 0. The van der Waals surface area contributed by atoms with Crippen LogP contribution in [0, 0.1) is 0 Å². The lowest BCUT2D eigenvalue weighted by atomic mass is 9.44. The Morgan fingerprint density at radius 1 is 0.875 bits per heavy atom. The molecule has 16 heavy (non-hydrogen) atoms. The van der Waals surface area contributed by atoms with Crippen molar-refractivity contribution in [3.05, 3.63) is 0 Å². The SMILES string of the molecule is CB1NB(C)N(B(N(C)C)N(C)C)B(C)N1. The maximum atomic E-state index is 3.51. The molecule has 1 saturated heterocycles. The molecular formula is C7H23B4N5. The smallest absolute Gasteiger partial charge is 0.372 e. The first-order chi connectivity index (χ1) is 7.34. The Morgan fingerprint density at radius 3 is 1.56 bits per heavy atom. The molecule has 2 N–H and O–H groups in total. The first-order valence-electron chi connectivity index (χ1n) is 5.97. The summed E-state index contributed by atoms with van der Waals surface area (Å²) in [5.74, 6) is 0. The number of nitrogens with zero attached hydrogens (tertiary/aromatic N) is 3. The van der Waals surface area contributed by atoms with Crippen LogP contribution in [0.3, 0.4) is 0 Å². The van der Waals surface area contributed by atoms with Gasteiger partial charge in [-0.25, -0.2) is 0 Å². The van der Waals surface area contributed by atoms with Gasteiger partial charge in [0.05, 0.1) is 0 Å². The fourth-order valence-corrected chi connectivity index (χ4v) is 2.67. The molecule has 1 rings (SSSR count).